The van der Waals surface area contributed by atoms with Crippen molar-refractivity contribution in [1.29, 1.82) is 0 Å². The fourth-order valence-electron chi connectivity index (χ4n) is 7.97. The van der Waals surface area contributed by atoms with Crippen LogP contribution in [0.3, 0.4) is 0 Å². The van der Waals surface area contributed by atoms with Gasteiger partial charge in [0, 0.05) is 50.1 Å². The highest BCUT2D eigenvalue weighted by atomic mass is 16.5. The molecule has 0 radical (unpaired) electrons. The number of phenolic OH excluding ortho intramolecular Hbond substituents is 1. The van der Waals surface area contributed by atoms with Crippen LogP contribution in [0, 0.1) is 11.8 Å². The average molecular weight is 655 g/mol. The Kier molecular flexibility index (Phi) is 11.3. The number of benzene rings is 2. The minimum Gasteiger partial charge on any atom is -0.508 e. The molecule has 1 unspecified atom stereocenters. The Bertz CT molecular complexity index is 1310. The van der Waals surface area contributed by atoms with Crippen LogP contribution in [0.2, 0.25) is 0 Å². The maximum absolute atomic E-state index is 12.0. The van der Waals surface area contributed by atoms with E-state index in [2.05, 4.69) is 22.8 Å². The smallest absolute Gasteiger partial charge is 0.262 e. The van der Waals surface area contributed by atoms with E-state index in [1.54, 1.807) is 0 Å². The van der Waals surface area contributed by atoms with Gasteiger partial charge in [0.15, 0.2) is 13.3 Å². The number of aliphatic hydroxyl groups is 2. The maximum Gasteiger partial charge on any atom is 0.262 e. The number of nitrogens with one attached hydrogen (secondary N) is 2. The second kappa shape index (κ2) is 15.6. The van der Waals surface area contributed by atoms with Crippen LogP contribution in [0.4, 0.5) is 5.69 Å². The third-order valence-electron chi connectivity index (χ3n) is 10.6. The summed E-state index contributed by atoms with van der Waals surface area (Å²) in [6.45, 7) is 6.63. The molecule has 11 nitrogen and oxygen atoms in total. The van der Waals surface area contributed by atoms with Crippen molar-refractivity contribution in [3.05, 3.63) is 53.6 Å². The number of fused-ring (bicyclic) bond motifs is 4. The van der Waals surface area contributed by atoms with Gasteiger partial charge in [-0.1, -0.05) is 43.2 Å². The van der Waals surface area contributed by atoms with Gasteiger partial charge in [-0.15, -0.1) is 0 Å². The Morgan fingerprint density at radius 1 is 1.04 bits per heavy atom. The highest BCUT2D eigenvalue weighted by Gasteiger charge is 2.48. The molecular weight excluding hydrogens is 602 g/mol. The van der Waals surface area contributed by atoms with Crippen molar-refractivity contribution in [3.8, 4) is 11.5 Å². The van der Waals surface area contributed by atoms with Gasteiger partial charge >= 0.3 is 0 Å². The number of carbonyl (C=O) groups excluding carboxylic acids is 1. The van der Waals surface area contributed by atoms with Crippen LogP contribution in [0.15, 0.2) is 42.5 Å². The quantitative estimate of drug-likeness (QED) is 0.128. The van der Waals surface area contributed by atoms with Gasteiger partial charge in [-0.3, -0.25) is 9.28 Å². The van der Waals surface area contributed by atoms with Gasteiger partial charge in [0.05, 0.1) is 44.7 Å². The van der Waals surface area contributed by atoms with Gasteiger partial charge < -0.3 is 44.9 Å². The molecule has 1 aliphatic carbocycles. The van der Waals surface area contributed by atoms with Crippen LogP contribution in [0.1, 0.15) is 62.2 Å². The van der Waals surface area contributed by atoms with Crippen LogP contribution in [0.5, 0.6) is 11.5 Å². The van der Waals surface area contributed by atoms with Crippen molar-refractivity contribution in [2.75, 3.05) is 77.8 Å². The fourth-order valence-corrected chi connectivity index (χ4v) is 7.97. The predicted molar refractivity (Wildman–Crippen MR) is 176 cm³/mol. The van der Waals surface area contributed by atoms with Crippen LogP contribution < -0.4 is 15.4 Å². The van der Waals surface area contributed by atoms with Crippen molar-refractivity contribution < 1.29 is 43.5 Å². The van der Waals surface area contributed by atoms with Gasteiger partial charge in [-0.2, -0.15) is 0 Å². The number of quaternary nitrogens is 1. The molecule has 3 atom stereocenters. The molecule has 4 aliphatic heterocycles. The molecule has 7 rings (SSSR count). The van der Waals surface area contributed by atoms with Gasteiger partial charge in [-0.05, 0) is 36.8 Å². The minimum atomic E-state index is -0.929. The first-order valence-electron chi connectivity index (χ1n) is 17.4. The number of aromatic hydroxyl groups is 1. The molecule has 5 aliphatic rings. The number of carbonyl (C=O) groups is 1. The van der Waals surface area contributed by atoms with Gasteiger partial charge in [0.25, 0.3) is 5.91 Å². The Morgan fingerprint density at radius 2 is 1.81 bits per heavy atom. The zero-order valence-corrected chi connectivity index (χ0v) is 27.4. The van der Waals surface area contributed by atoms with Crippen LogP contribution in [0.25, 0.3) is 0 Å². The second-order valence-corrected chi connectivity index (χ2v) is 13.9. The third kappa shape index (κ3) is 8.28. The van der Waals surface area contributed by atoms with Crippen molar-refractivity contribution in [1.82, 2.24) is 5.32 Å². The molecule has 47 heavy (non-hydrogen) atoms. The topological polar surface area (TPSA) is 139 Å². The van der Waals surface area contributed by atoms with Crippen molar-refractivity contribution in [3.63, 3.8) is 0 Å². The van der Waals surface area contributed by atoms with Crippen LogP contribution >= 0.6 is 0 Å². The highest BCUT2D eigenvalue weighted by molar-refractivity contribution is 5.96. The Hall–Kier alpha value is -2.77. The minimum absolute atomic E-state index is 0.0528. The van der Waals surface area contributed by atoms with Gasteiger partial charge in [-0.25, -0.2) is 0 Å². The second-order valence-electron chi connectivity index (χ2n) is 13.9. The van der Waals surface area contributed by atoms with E-state index in [0.29, 0.717) is 62.6 Å². The first-order chi connectivity index (χ1) is 22.9. The molecule has 1 saturated carbocycles. The van der Waals surface area contributed by atoms with E-state index in [1.807, 2.05) is 18.2 Å². The summed E-state index contributed by atoms with van der Waals surface area (Å²) in [6, 6.07) is 13.0. The molecule has 2 aromatic rings. The van der Waals surface area contributed by atoms with Gasteiger partial charge in [0.2, 0.25) is 0 Å². The summed E-state index contributed by atoms with van der Waals surface area (Å²) < 4.78 is 25.0. The van der Waals surface area contributed by atoms with E-state index < -0.39 is 11.7 Å². The molecule has 0 aromatic heterocycles. The summed E-state index contributed by atoms with van der Waals surface area (Å²) in [5.41, 5.74) is 0.830. The zero-order chi connectivity index (χ0) is 32.7. The Balaban J connectivity index is 0.868. The summed E-state index contributed by atoms with van der Waals surface area (Å²) >= 11 is 0. The monoisotopic (exact) mass is 654 g/mol. The Labute approximate surface area is 277 Å². The fraction of sp³-hybridized carbons (Fsp3) is 0.639. The van der Waals surface area contributed by atoms with Crippen molar-refractivity contribution >= 4 is 11.6 Å². The zero-order valence-electron chi connectivity index (χ0n) is 27.4. The van der Waals surface area contributed by atoms with Crippen molar-refractivity contribution in [2.45, 2.75) is 62.8 Å². The lowest BCUT2D eigenvalue weighted by molar-refractivity contribution is -0.963. The maximum atomic E-state index is 12.0. The predicted octanol–water partition coefficient (Wildman–Crippen LogP) is 3.43. The molecule has 1 amide bonds. The number of nitrogens with zero attached hydrogens (tertiary/aromatic N) is 1. The molecule has 4 heterocycles. The number of amides is 1. The number of rotatable bonds is 17. The number of phenols is 1. The molecule has 4 fully saturated rings. The Morgan fingerprint density at radius 3 is 2.60 bits per heavy atom. The summed E-state index contributed by atoms with van der Waals surface area (Å²) in [6.07, 6.45) is 6.79. The van der Waals surface area contributed by atoms with Crippen molar-refractivity contribution in [2.24, 2.45) is 11.8 Å². The molecule has 11 heteroatoms. The summed E-state index contributed by atoms with van der Waals surface area (Å²) in [7, 11) is 0. The molecule has 2 aromatic carbocycles. The first kappa shape index (κ1) is 34.1. The lowest BCUT2D eigenvalue weighted by atomic mass is 9.80. The summed E-state index contributed by atoms with van der Waals surface area (Å²) in [5.74, 6) is 0.834. The third-order valence-corrected chi connectivity index (χ3v) is 10.6. The van der Waals surface area contributed by atoms with Gasteiger partial charge in [0.1, 0.15) is 29.7 Å². The number of piperidine rings is 3. The van der Waals surface area contributed by atoms with E-state index in [0.717, 1.165) is 61.8 Å². The van der Waals surface area contributed by atoms with E-state index in [9.17, 15) is 20.1 Å². The highest BCUT2D eigenvalue weighted by Crippen LogP contribution is 2.43. The van der Waals surface area contributed by atoms with E-state index >= 15 is 0 Å². The molecule has 2 bridgehead atoms. The number of aliphatic hydroxyl groups excluding tert-OH is 1. The largest absolute Gasteiger partial charge is 0.508 e. The number of ether oxygens (including phenoxy) is 4. The normalized spacial score (nSPS) is 26.0. The summed E-state index contributed by atoms with van der Waals surface area (Å²) in [4.78, 5) is 11.6. The molecule has 0 spiro atoms. The SMILES string of the molecule is O=C1COc2c(cc(O)cc2[C@@H](O)CNCCOCCCOC[N+]23CCC(CC2)[C@@H](OCC(O)(c2ccccc2)C2CCCC2)C3)N1. The summed E-state index contributed by atoms with van der Waals surface area (Å²) in [5, 5.41) is 38.4. The molecular formula is C36H52N3O8+. The van der Waals surface area contributed by atoms with E-state index in [-0.39, 0.29) is 36.8 Å². The standard InChI is InChI=1S/C36H51N3O8/c40-29-19-30(35-31(20-29)38-34(42)23-46-35)32(41)21-37-13-18-44-16-6-17-45-25-39-14-11-26(12-15-39)33(22-39)47-24-36(43,28-9-4-5-10-28)27-7-2-1-3-8-27/h1-3,7-8,19-20,26,28,32-33,37,41,43H,4-6,9-18,21-25H2,(H-,38,40,42)/p+1/t26?,32-,33-,36?,39?/m0/s1. The molecule has 3 saturated heterocycles. The lowest BCUT2D eigenvalue weighted by Gasteiger charge is -2.52. The molecule has 5 N–H and O–H groups in total. The molecule has 258 valence electrons. The van der Waals surface area contributed by atoms with E-state index in [4.69, 9.17) is 18.9 Å². The van der Waals surface area contributed by atoms with Crippen LogP contribution in [-0.2, 0) is 24.6 Å². The first-order valence-corrected chi connectivity index (χ1v) is 17.4. The van der Waals surface area contributed by atoms with Crippen LogP contribution in [-0.4, -0.2) is 104 Å². The number of hydrogen-bond acceptors (Lipinski definition) is 9. The number of anilines is 1. The number of hydrogen-bond donors (Lipinski definition) is 5. The van der Waals surface area contributed by atoms with E-state index in [1.165, 1.54) is 25.0 Å². The lowest BCUT2D eigenvalue weighted by Crippen LogP contribution is -2.65. The average Bonchev–Trinajstić information content (AvgIpc) is 3.64.